The highest BCUT2D eigenvalue weighted by atomic mass is 79.9. The van der Waals surface area contributed by atoms with Crippen molar-refractivity contribution in [2.75, 3.05) is 27.9 Å². The SMILES string of the molecule is CCOc1ccc(CNS(=O)(=O)c2cc(OC)c(OC)cc2Br)cc1OC. The molecule has 27 heavy (non-hydrogen) atoms. The first-order chi connectivity index (χ1) is 12.9. The van der Waals surface area contributed by atoms with E-state index in [-0.39, 0.29) is 11.4 Å². The smallest absolute Gasteiger partial charge is 0.242 e. The molecule has 0 unspecified atom stereocenters. The Morgan fingerprint density at radius 2 is 1.52 bits per heavy atom. The predicted molar refractivity (Wildman–Crippen MR) is 105 cm³/mol. The number of hydrogen-bond acceptors (Lipinski definition) is 6. The van der Waals surface area contributed by atoms with Gasteiger partial charge in [0.2, 0.25) is 10.0 Å². The molecule has 0 atom stereocenters. The first-order valence-corrected chi connectivity index (χ1v) is 10.3. The molecule has 0 heterocycles. The number of benzene rings is 2. The zero-order valence-corrected chi connectivity index (χ0v) is 17.9. The lowest BCUT2D eigenvalue weighted by molar-refractivity contribution is 0.310. The molecule has 0 aliphatic rings. The van der Waals surface area contributed by atoms with Crippen LogP contribution < -0.4 is 23.7 Å². The van der Waals surface area contributed by atoms with E-state index in [9.17, 15) is 8.42 Å². The first kappa shape index (κ1) is 21.3. The van der Waals surface area contributed by atoms with Gasteiger partial charge in [-0.2, -0.15) is 0 Å². The highest BCUT2D eigenvalue weighted by Gasteiger charge is 2.21. The highest BCUT2D eigenvalue weighted by molar-refractivity contribution is 9.10. The molecule has 2 aromatic carbocycles. The molecule has 0 radical (unpaired) electrons. The number of hydrogen-bond donors (Lipinski definition) is 1. The van der Waals surface area contributed by atoms with Crippen LogP contribution >= 0.6 is 15.9 Å². The van der Waals surface area contributed by atoms with Crippen LogP contribution in [0.1, 0.15) is 12.5 Å². The van der Waals surface area contributed by atoms with Crippen molar-refractivity contribution in [1.82, 2.24) is 4.72 Å². The van der Waals surface area contributed by atoms with Gasteiger partial charge in [0.1, 0.15) is 4.90 Å². The van der Waals surface area contributed by atoms with Crippen molar-refractivity contribution >= 4 is 26.0 Å². The van der Waals surface area contributed by atoms with E-state index >= 15 is 0 Å². The molecule has 0 aliphatic carbocycles. The molecule has 1 N–H and O–H groups in total. The van der Waals surface area contributed by atoms with Crippen molar-refractivity contribution in [1.29, 1.82) is 0 Å². The van der Waals surface area contributed by atoms with Crippen LogP contribution in [0.3, 0.4) is 0 Å². The van der Waals surface area contributed by atoms with Crippen molar-refractivity contribution in [3.05, 3.63) is 40.4 Å². The number of sulfonamides is 1. The summed E-state index contributed by atoms with van der Waals surface area (Å²) >= 11 is 3.27. The minimum atomic E-state index is -3.79. The van der Waals surface area contributed by atoms with Gasteiger partial charge < -0.3 is 18.9 Å². The molecule has 7 nitrogen and oxygen atoms in total. The van der Waals surface area contributed by atoms with Gasteiger partial charge in [-0.15, -0.1) is 0 Å². The van der Waals surface area contributed by atoms with Crippen LogP contribution in [-0.4, -0.2) is 36.4 Å². The molecule has 2 rings (SSSR count). The summed E-state index contributed by atoms with van der Waals surface area (Å²) in [4.78, 5) is 0.0538. The van der Waals surface area contributed by atoms with Gasteiger partial charge in [0.25, 0.3) is 0 Å². The van der Waals surface area contributed by atoms with Crippen molar-refractivity contribution in [2.24, 2.45) is 0 Å². The van der Waals surface area contributed by atoms with Gasteiger partial charge in [-0.25, -0.2) is 13.1 Å². The topological polar surface area (TPSA) is 83.1 Å². The molecule has 9 heteroatoms. The summed E-state index contributed by atoms with van der Waals surface area (Å²) in [5.74, 6) is 1.90. The summed E-state index contributed by atoms with van der Waals surface area (Å²) < 4.78 is 49.5. The van der Waals surface area contributed by atoms with Gasteiger partial charge in [-0.1, -0.05) is 6.07 Å². The second-order valence-corrected chi connectivity index (χ2v) is 7.97. The standard InChI is InChI=1S/C18H22BrNO6S/c1-5-26-14-7-6-12(8-15(14)23-2)11-20-27(21,22)18-10-17(25-4)16(24-3)9-13(18)19/h6-10,20H,5,11H2,1-4H3. The first-order valence-electron chi connectivity index (χ1n) is 8.07. The van der Waals surface area contributed by atoms with E-state index in [4.69, 9.17) is 18.9 Å². The average molecular weight is 460 g/mol. The van der Waals surface area contributed by atoms with Crippen molar-refractivity contribution in [3.8, 4) is 23.0 Å². The summed E-state index contributed by atoms with van der Waals surface area (Å²) in [6.07, 6.45) is 0. The maximum absolute atomic E-state index is 12.7. The van der Waals surface area contributed by atoms with Crippen LogP contribution in [-0.2, 0) is 16.6 Å². The fraction of sp³-hybridized carbons (Fsp3) is 0.333. The number of ether oxygens (including phenoxy) is 4. The zero-order valence-electron chi connectivity index (χ0n) is 15.5. The highest BCUT2D eigenvalue weighted by Crippen LogP contribution is 2.35. The van der Waals surface area contributed by atoms with E-state index in [0.29, 0.717) is 34.1 Å². The van der Waals surface area contributed by atoms with Crippen LogP contribution in [0.25, 0.3) is 0 Å². The summed E-state index contributed by atoms with van der Waals surface area (Å²) in [5, 5.41) is 0. The monoisotopic (exact) mass is 459 g/mol. The number of nitrogens with one attached hydrogen (secondary N) is 1. The summed E-state index contributed by atoms with van der Waals surface area (Å²) in [5.41, 5.74) is 0.732. The fourth-order valence-electron chi connectivity index (χ4n) is 2.39. The third-order valence-corrected chi connectivity index (χ3v) is 6.08. The molecule has 0 spiro atoms. The van der Waals surface area contributed by atoms with Crippen LogP contribution in [0.15, 0.2) is 39.7 Å². The lowest BCUT2D eigenvalue weighted by atomic mass is 10.2. The summed E-state index contributed by atoms with van der Waals surface area (Å²) in [6, 6.07) is 8.21. The Balaban J connectivity index is 2.25. The normalized spacial score (nSPS) is 11.1. The second kappa shape index (κ2) is 9.29. The lowest BCUT2D eigenvalue weighted by Crippen LogP contribution is -2.23. The molecule has 0 aliphatic heterocycles. The Labute approximate surface area is 167 Å². The number of methoxy groups -OCH3 is 3. The minimum absolute atomic E-state index is 0.0538. The molecule has 0 aromatic heterocycles. The van der Waals surface area contributed by atoms with Crippen LogP contribution in [0.2, 0.25) is 0 Å². The van der Waals surface area contributed by atoms with E-state index in [2.05, 4.69) is 20.7 Å². The van der Waals surface area contributed by atoms with E-state index in [1.54, 1.807) is 24.3 Å². The molecule has 148 valence electrons. The Morgan fingerprint density at radius 3 is 2.11 bits per heavy atom. The van der Waals surface area contributed by atoms with Crippen molar-refractivity contribution in [2.45, 2.75) is 18.4 Å². The van der Waals surface area contributed by atoms with E-state index < -0.39 is 10.0 Å². The Morgan fingerprint density at radius 1 is 0.926 bits per heavy atom. The molecule has 0 amide bonds. The fourth-order valence-corrected chi connectivity index (χ4v) is 4.45. The maximum Gasteiger partial charge on any atom is 0.242 e. The van der Waals surface area contributed by atoms with Crippen LogP contribution in [0, 0.1) is 0 Å². The van der Waals surface area contributed by atoms with E-state index in [1.165, 1.54) is 27.4 Å². The lowest BCUT2D eigenvalue weighted by Gasteiger charge is -2.14. The maximum atomic E-state index is 12.7. The zero-order chi connectivity index (χ0) is 20.0. The Bertz CT molecular complexity index is 901. The third-order valence-electron chi connectivity index (χ3n) is 3.72. The quantitative estimate of drug-likeness (QED) is 0.618. The Hall–Kier alpha value is -1.97. The van der Waals surface area contributed by atoms with Crippen molar-refractivity contribution in [3.63, 3.8) is 0 Å². The molecule has 0 saturated heterocycles. The number of rotatable bonds is 9. The molecule has 0 saturated carbocycles. The molecule has 2 aromatic rings. The van der Waals surface area contributed by atoms with Gasteiger partial charge in [0.15, 0.2) is 23.0 Å². The molecule has 0 bridgehead atoms. The van der Waals surface area contributed by atoms with Gasteiger partial charge in [0.05, 0.1) is 27.9 Å². The summed E-state index contributed by atoms with van der Waals surface area (Å²) in [6.45, 7) is 2.48. The van der Waals surface area contributed by atoms with Crippen molar-refractivity contribution < 1.29 is 27.4 Å². The van der Waals surface area contributed by atoms with Gasteiger partial charge >= 0.3 is 0 Å². The largest absolute Gasteiger partial charge is 0.493 e. The summed E-state index contributed by atoms with van der Waals surface area (Å²) in [7, 11) is 0.672. The van der Waals surface area contributed by atoms with Crippen LogP contribution in [0.4, 0.5) is 0 Å². The molecular weight excluding hydrogens is 438 g/mol. The second-order valence-electron chi connectivity index (χ2n) is 5.38. The van der Waals surface area contributed by atoms with Gasteiger partial charge in [-0.05, 0) is 46.6 Å². The average Bonchev–Trinajstić information content (AvgIpc) is 2.66. The molecule has 0 fully saturated rings. The van der Waals surface area contributed by atoms with Gasteiger partial charge in [0, 0.05) is 17.1 Å². The predicted octanol–water partition coefficient (Wildman–Crippen LogP) is 3.35. The third kappa shape index (κ3) is 5.06. The van der Waals surface area contributed by atoms with E-state index in [0.717, 1.165) is 5.56 Å². The van der Waals surface area contributed by atoms with E-state index in [1.807, 2.05) is 6.92 Å². The van der Waals surface area contributed by atoms with Gasteiger partial charge in [-0.3, -0.25) is 0 Å². The number of halogens is 1. The molecular formula is C18H22BrNO6S. The van der Waals surface area contributed by atoms with Crippen LogP contribution in [0.5, 0.6) is 23.0 Å². The minimum Gasteiger partial charge on any atom is -0.493 e. The Kier molecular flexibility index (Phi) is 7.34.